The fourth-order valence-corrected chi connectivity index (χ4v) is 5.36. The van der Waals surface area contributed by atoms with Crippen LogP contribution in [0.3, 0.4) is 0 Å². The van der Waals surface area contributed by atoms with Crippen LogP contribution in [-0.4, -0.2) is 61.3 Å². The Morgan fingerprint density at radius 3 is 2.67 bits per heavy atom. The first-order chi connectivity index (χ1) is 19.4. The molecule has 2 aliphatic heterocycles. The van der Waals surface area contributed by atoms with Crippen molar-refractivity contribution in [2.75, 3.05) is 19.7 Å². The molecular formula is C30H29ClFN5O3. The fourth-order valence-electron chi connectivity index (χ4n) is 5.20. The Balaban J connectivity index is 1.13. The second-order valence-electron chi connectivity index (χ2n) is 10.3. The summed E-state index contributed by atoms with van der Waals surface area (Å²) in [5.41, 5.74) is 4.87. The number of imidazole rings is 1. The van der Waals surface area contributed by atoms with Crippen molar-refractivity contribution in [2.45, 2.75) is 44.9 Å². The Hall–Kier alpha value is -3.66. The van der Waals surface area contributed by atoms with Crippen molar-refractivity contribution in [3.8, 4) is 0 Å². The highest BCUT2D eigenvalue weighted by Gasteiger charge is 2.25. The number of nitrogens with zero attached hydrogens (tertiary/aromatic N) is 5. The van der Waals surface area contributed by atoms with Crippen LogP contribution in [0, 0.1) is 5.82 Å². The molecule has 1 N–H and O–H groups in total. The maximum Gasteiger partial charge on any atom is 0.354 e. The van der Waals surface area contributed by atoms with Gasteiger partial charge >= 0.3 is 5.97 Å². The number of ether oxygens (including phenoxy) is 1. The van der Waals surface area contributed by atoms with Crippen LogP contribution in [0.15, 0.2) is 54.1 Å². The second-order valence-corrected chi connectivity index (χ2v) is 10.7. The van der Waals surface area contributed by atoms with Gasteiger partial charge < -0.3 is 14.4 Å². The molecule has 1 aromatic carbocycles. The number of likely N-dealkylation sites (tertiary alicyclic amines) is 1. The van der Waals surface area contributed by atoms with E-state index in [-0.39, 0.29) is 17.6 Å². The number of aromatic carboxylic acids is 1. The van der Waals surface area contributed by atoms with Crippen LogP contribution in [0.5, 0.6) is 0 Å². The quantitative estimate of drug-likeness (QED) is 0.309. The SMILES string of the molecule is O=C(O)c1ccc2nc(CN3CCC(=Cc4cccc(Cc5ccc(Cl)cc5F)n4)CC3)n(CC3CCO3)c2n1. The molecule has 0 saturated carbocycles. The summed E-state index contributed by atoms with van der Waals surface area (Å²) < 4.78 is 21.9. The predicted molar refractivity (Wildman–Crippen MR) is 150 cm³/mol. The minimum Gasteiger partial charge on any atom is -0.477 e. The van der Waals surface area contributed by atoms with Gasteiger partial charge in [0.1, 0.15) is 17.2 Å². The van der Waals surface area contributed by atoms with Crippen LogP contribution in [-0.2, 0) is 24.2 Å². The van der Waals surface area contributed by atoms with Crippen molar-refractivity contribution in [1.82, 2.24) is 24.4 Å². The zero-order valence-electron chi connectivity index (χ0n) is 21.9. The van der Waals surface area contributed by atoms with Crippen molar-refractivity contribution < 1.29 is 19.0 Å². The van der Waals surface area contributed by atoms with E-state index in [1.54, 1.807) is 18.2 Å². The normalized spacial score (nSPS) is 17.6. The molecule has 10 heteroatoms. The number of halogens is 2. The molecule has 206 valence electrons. The minimum atomic E-state index is -1.05. The van der Waals surface area contributed by atoms with E-state index in [9.17, 15) is 14.3 Å². The summed E-state index contributed by atoms with van der Waals surface area (Å²) >= 11 is 5.88. The van der Waals surface area contributed by atoms with Crippen molar-refractivity contribution in [3.05, 3.63) is 93.4 Å². The van der Waals surface area contributed by atoms with E-state index >= 15 is 0 Å². The lowest BCUT2D eigenvalue weighted by Gasteiger charge is -2.30. The highest BCUT2D eigenvalue weighted by atomic mass is 35.5. The largest absolute Gasteiger partial charge is 0.477 e. The van der Waals surface area contributed by atoms with E-state index in [0.717, 1.165) is 56.2 Å². The highest BCUT2D eigenvalue weighted by Crippen LogP contribution is 2.25. The van der Waals surface area contributed by atoms with Gasteiger partial charge in [-0.1, -0.05) is 29.3 Å². The van der Waals surface area contributed by atoms with E-state index in [2.05, 4.69) is 16.0 Å². The summed E-state index contributed by atoms with van der Waals surface area (Å²) in [5, 5.41) is 9.80. The van der Waals surface area contributed by atoms with Gasteiger partial charge in [0.05, 0.1) is 24.9 Å². The Kier molecular flexibility index (Phi) is 7.60. The molecule has 0 amide bonds. The van der Waals surface area contributed by atoms with E-state index in [4.69, 9.17) is 26.3 Å². The van der Waals surface area contributed by atoms with Crippen molar-refractivity contribution in [2.24, 2.45) is 0 Å². The maximum absolute atomic E-state index is 14.3. The molecule has 8 nitrogen and oxygen atoms in total. The van der Waals surface area contributed by atoms with Gasteiger partial charge in [-0.3, -0.25) is 9.88 Å². The fraction of sp³-hybridized carbons (Fsp3) is 0.333. The number of carboxylic acid groups (broad SMARTS) is 1. The number of hydrogen-bond acceptors (Lipinski definition) is 6. The zero-order chi connectivity index (χ0) is 27.6. The summed E-state index contributed by atoms with van der Waals surface area (Å²) in [7, 11) is 0. The van der Waals surface area contributed by atoms with E-state index in [1.807, 2.05) is 22.8 Å². The number of rotatable bonds is 8. The molecule has 0 bridgehead atoms. The average molecular weight is 562 g/mol. The first-order valence-electron chi connectivity index (χ1n) is 13.4. The van der Waals surface area contributed by atoms with Gasteiger partial charge in [-0.05, 0) is 67.3 Å². The van der Waals surface area contributed by atoms with Gasteiger partial charge in [-0.25, -0.2) is 19.2 Å². The summed E-state index contributed by atoms with van der Waals surface area (Å²) in [4.78, 5) is 27.8. The minimum absolute atomic E-state index is 0.0125. The number of pyridine rings is 2. The number of carboxylic acids is 1. The summed E-state index contributed by atoms with van der Waals surface area (Å²) in [6.07, 6.45) is 5.43. The van der Waals surface area contributed by atoms with E-state index in [0.29, 0.717) is 41.3 Å². The molecule has 3 aromatic heterocycles. The van der Waals surface area contributed by atoms with Crippen LogP contribution in [0.4, 0.5) is 4.39 Å². The second kappa shape index (κ2) is 11.4. The molecule has 1 atom stereocenters. The first-order valence-corrected chi connectivity index (χ1v) is 13.8. The molecular weight excluding hydrogens is 533 g/mol. The van der Waals surface area contributed by atoms with E-state index < -0.39 is 5.97 Å². The lowest BCUT2D eigenvalue weighted by atomic mass is 10.0. The molecule has 1 unspecified atom stereocenters. The van der Waals surface area contributed by atoms with Gasteiger partial charge in [0.15, 0.2) is 11.3 Å². The van der Waals surface area contributed by atoms with Crippen LogP contribution in [0.1, 0.15) is 52.5 Å². The maximum atomic E-state index is 14.3. The monoisotopic (exact) mass is 561 g/mol. The summed E-state index contributed by atoms with van der Waals surface area (Å²) in [6.45, 7) is 3.76. The number of benzene rings is 1. The third kappa shape index (κ3) is 5.91. The topological polar surface area (TPSA) is 93.4 Å². The van der Waals surface area contributed by atoms with Gasteiger partial charge in [0.25, 0.3) is 0 Å². The molecule has 2 aliphatic rings. The molecule has 2 fully saturated rings. The molecule has 2 saturated heterocycles. The molecule has 5 heterocycles. The lowest BCUT2D eigenvalue weighted by molar-refractivity contribution is -0.0592. The van der Waals surface area contributed by atoms with E-state index in [1.165, 1.54) is 17.7 Å². The first kappa shape index (κ1) is 26.6. The van der Waals surface area contributed by atoms with Crippen molar-refractivity contribution in [1.29, 1.82) is 0 Å². The molecule has 6 rings (SSSR count). The standard InChI is InChI=1S/C30H29ClFN5O3/c31-21-5-4-20(25(32)16-21)15-23-3-1-2-22(33-23)14-19-8-11-36(12-9-19)18-28-34-26-6-7-27(30(38)39)35-29(26)37(28)17-24-10-13-40-24/h1-7,14,16,24H,8-13,15,17-18H2,(H,38,39). The number of carbonyl (C=O) groups is 1. The number of aromatic nitrogens is 4. The van der Waals surface area contributed by atoms with Crippen molar-refractivity contribution >= 4 is 34.8 Å². The molecule has 4 aromatic rings. The average Bonchev–Trinajstić information content (AvgIpc) is 3.25. The molecule has 0 spiro atoms. The number of fused-ring (bicyclic) bond motifs is 1. The predicted octanol–water partition coefficient (Wildman–Crippen LogP) is 5.38. The summed E-state index contributed by atoms with van der Waals surface area (Å²) in [5.74, 6) is -0.502. The summed E-state index contributed by atoms with van der Waals surface area (Å²) in [6, 6.07) is 13.8. The Morgan fingerprint density at radius 1 is 1.12 bits per heavy atom. The van der Waals surface area contributed by atoms with Gasteiger partial charge in [0, 0.05) is 36.8 Å². The molecule has 40 heavy (non-hydrogen) atoms. The van der Waals surface area contributed by atoms with Crippen LogP contribution < -0.4 is 0 Å². The number of piperidine rings is 1. The number of hydrogen-bond donors (Lipinski definition) is 1. The Labute approximate surface area is 236 Å². The van der Waals surface area contributed by atoms with Crippen molar-refractivity contribution in [3.63, 3.8) is 0 Å². The van der Waals surface area contributed by atoms with Gasteiger partial charge in [-0.15, -0.1) is 0 Å². The van der Waals surface area contributed by atoms with Gasteiger partial charge in [0.2, 0.25) is 0 Å². The Bertz CT molecular complexity index is 1590. The third-order valence-electron chi connectivity index (χ3n) is 7.50. The third-order valence-corrected chi connectivity index (χ3v) is 7.74. The molecule has 0 radical (unpaired) electrons. The smallest absolute Gasteiger partial charge is 0.354 e. The highest BCUT2D eigenvalue weighted by molar-refractivity contribution is 6.30. The van der Waals surface area contributed by atoms with Crippen LogP contribution in [0.25, 0.3) is 17.2 Å². The lowest BCUT2D eigenvalue weighted by Crippen LogP contribution is -2.34. The Morgan fingerprint density at radius 2 is 1.95 bits per heavy atom. The van der Waals surface area contributed by atoms with Crippen LogP contribution >= 0.6 is 11.6 Å². The van der Waals surface area contributed by atoms with Gasteiger partial charge in [-0.2, -0.15) is 0 Å². The van der Waals surface area contributed by atoms with Crippen LogP contribution in [0.2, 0.25) is 5.02 Å². The zero-order valence-corrected chi connectivity index (χ0v) is 22.6. The molecule has 0 aliphatic carbocycles.